The standard InChI is InChI=1S/C15H18BrN3O2S/c1-3-19(4-2)15-18-14(21)12(22-15)9-13(20)17-11-8-6-5-7-10(11)16/h5-8,12H,3-4,9H2,1-2H3,(H,17,20). The highest BCUT2D eigenvalue weighted by Gasteiger charge is 2.32. The first-order valence-corrected chi connectivity index (χ1v) is 8.81. The van der Waals surface area contributed by atoms with Gasteiger partial charge >= 0.3 is 0 Å². The minimum atomic E-state index is -0.432. The highest BCUT2D eigenvalue weighted by Crippen LogP contribution is 2.28. The van der Waals surface area contributed by atoms with Crippen LogP contribution in [0.3, 0.4) is 0 Å². The normalized spacial score (nSPS) is 17.3. The Balaban J connectivity index is 1.94. The molecule has 118 valence electrons. The summed E-state index contributed by atoms with van der Waals surface area (Å²) in [5.74, 6) is -0.414. The van der Waals surface area contributed by atoms with Crippen molar-refractivity contribution in [3.63, 3.8) is 0 Å². The van der Waals surface area contributed by atoms with E-state index >= 15 is 0 Å². The first kappa shape index (κ1) is 17.0. The summed E-state index contributed by atoms with van der Waals surface area (Å²) >= 11 is 4.75. The Morgan fingerprint density at radius 2 is 2.05 bits per heavy atom. The lowest BCUT2D eigenvalue weighted by Crippen LogP contribution is -2.27. The number of halogens is 1. The topological polar surface area (TPSA) is 61.8 Å². The molecule has 1 aromatic carbocycles. The Bertz CT molecular complexity index is 602. The van der Waals surface area contributed by atoms with Crippen LogP contribution < -0.4 is 5.32 Å². The van der Waals surface area contributed by atoms with Crippen LogP contribution in [-0.2, 0) is 9.59 Å². The van der Waals surface area contributed by atoms with Gasteiger partial charge in [0.25, 0.3) is 5.91 Å². The van der Waals surface area contributed by atoms with E-state index in [1.807, 2.05) is 43.0 Å². The van der Waals surface area contributed by atoms with E-state index in [9.17, 15) is 9.59 Å². The molecule has 0 aromatic heterocycles. The Kier molecular flexibility index (Phi) is 6.02. The van der Waals surface area contributed by atoms with Gasteiger partial charge in [0, 0.05) is 24.0 Å². The van der Waals surface area contributed by atoms with E-state index in [2.05, 4.69) is 26.2 Å². The number of nitrogens with one attached hydrogen (secondary N) is 1. The predicted octanol–water partition coefficient (Wildman–Crippen LogP) is 3.12. The molecule has 0 saturated carbocycles. The number of thioether (sulfide) groups is 1. The highest BCUT2D eigenvalue weighted by atomic mass is 79.9. The van der Waals surface area contributed by atoms with Gasteiger partial charge in [0.05, 0.1) is 5.69 Å². The molecule has 1 aliphatic rings. The molecule has 0 fully saturated rings. The van der Waals surface area contributed by atoms with E-state index in [-0.39, 0.29) is 18.2 Å². The van der Waals surface area contributed by atoms with Gasteiger partial charge in [-0.2, -0.15) is 4.99 Å². The minimum absolute atomic E-state index is 0.124. The van der Waals surface area contributed by atoms with Crippen LogP contribution in [-0.4, -0.2) is 40.2 Å². The average Bonchev–Trinajstić information content (AvgIpc) is 2.84. The van der Waals surface area contributed by atoms with Crippen molar-refractivity contribution < 1.29 is 9.59 Å². The second kappa shape index (κ2) is 7.78. The maximum absolute atomic E-state index is 12.1. The van der Waals surface area contributed by atoms with Gasteiger partial charge in [-0.15, -0.1) is 0 Å². The molecule has 22 heavy (non-hydrogen) atoms. The molecule has 2 rings (SSSR count). The average molecular weight is 384 g/mol. The number of carbonyl (C=O) groups excluding carboxylic acids is 2. The molecule has 1 atom stereocenters. The molecule has 1 aliphatic heterocycles. The van der Waals surface area contributed by atoms with Crippen LogP contribution in [0.2, 0.25) is 0 Å². The largest absolute Gasteiger partial charge is 0.352 e. The number of amidine groups is 1. The van der Waals surface area contributed by atoms with Gasteiger partial charge in [-0.3, -0.25) is 9.59 Å². The number of hydrogen-bond acceptors (Lipinski definition) is 4. The fourth-order valence-electron chi connectivity index (χ4n) is 2.07. The summed E-state index contributed by atoms with van der Waals surface area (Å²) in [5.41, 5.74) is 0.702. The van der Waals surface area contributed by atoms with Crippen LogP contribution in [0.25, 0.3) is 0 Å². The van der Waals surface area contributed by atoms with Crippen molar-refractivity contribution in [2.24, 2.45) is 4.99 Å². The molecule has 0 bridgehead atoms. The molecule has 1 heterocycles. The third-order valence-electron chi connectivity index (χ3n) is 3.28. The molecule has 0 spiro atoms. The summed E-state index contributed by atoms with van der Waals surface area (Å²) < 4.78 is 0.814. The van der Waals surface area contributed by atoms with E-state index in [1.165, 1.54) is 11.8 Å². The molecule has 1 aromatic rings. The van der Waals surface area contributed by atoms with Crippen LogP contribution in [0.1, 0.15) is 20.3 Å². The van der Waals surface area contributed by atoms with Gasteiger partial charge in [-0.25, -0.2) is 0 Å². The molecule has 1 unspecified atom stereocenters. The van der Waals surface area contributed by atoms with E-state index in [4.69, 9.17) is 0 Å². The van der Waals surface area contributed by atoms with Gasteiger partial charge in [0.1, 0.15) is 5.25 Å². The second-order valence-corrected chi connectivity index (χ2v) is 6.77. The quantitative estimate of drug-likeness (QED) is 0.848. The number of benzene rings is 1. The monoisotopic (exact) mass is 383 g/mol. The van der Waals surface area contributed by atoms with Gasteiger partial charge in [0.15, 0.2) is 5.17 Å². The van der Waals surface area contributed by atoms with Crippen molar-refractivity contribution in [2.75, 3.05) is 18.4 Å². The van der Waals surface area contributed by atoms with Crippen LogP contribution in [0.5, 0.6) is 0 Å². The smallest absolute Gasteiger partial charge is 0.262 e. The maximum atomic E-state index is 12.1. The molecule has 0 saturated heterocycles. The fourth-order valence-corrected chi connectivity index (χ4v) is 3.65. The number of anilines is 1. The van der Waals surface area contributed by atoms with E-state index in [0.29, 0.717) is 10.9 Å². The summed E-state index contributed by atoms with van der Waals surface area (Å²) in [6, 6.07) is 7.38. The maximum Gasteiger partial charge on any atom is 0.262 e. The zero-order valence-corrected chi connectivity index (χ0v) is 14.9. The van der Waals surface area contributed by atoms with Crippen molar-refractivity contribution in [2.45, 2.75) is 25.5 Å². The van der Waals surface area contributed by atoms with Gasteiger partial charge in [0.2, 0.25) is 5.91 Å². The minimum Gasteiger partial charge on any atom is -0.352 e. The highest BCUT2D eigenvalue weighted by molar-refractivity contribution is 9.10. The van der Waals surface area contributed by atoms with Crippen molar-refractivity contribution in [1.82, 2.24) is 4.90 Å². The molecule has 7 heteroatoms. The fraction of sp³-hybridized carbons (Fsp3) is 0.400. The number of aliphatic imine (C=N–C) groups is 1. The SMILES string of the molecule is CCN(CC)C1=NC(=O)C(CC(=O)Nc2ccccc2Br)S1. The van der Waals surface area contributed by atoms with E-state index in [0.717, 1.165) is 17.6 Å². The molecule has 0 radical (unpaired) electrons. The number of rotatable bonds is 5. The van der Waals surface area contributed by atoms with E-state index in [1.54, 1.807) is 0 Å². The van der Waals surface area contributed by atoms with Crippen LogP contribution >= 0.6 is 27.7 Å². The number of amides is 2. The summed E-state index contributed by atoms with van der Waals surface area (Å²) in [6.45, 7) is 5.63. The molecular formula is C15H18BrN3O2S. The van der Waals surface area contributed by atoms with Gasteiger partial charge in [-0.05, 0) is 41.9 Å². The second-order valence-electron chi connectivity index (χ2n) is 4.74. The van der Waals surface area contributed by atoms with Crippen molar-refractivity contribution in [3.05, 3.63) is 28.7 Å². The zero-order valence-electron chi connectivity index (χ0n) is 12.5. The number of carbonyl (C=O) groups is 2. The van der Waals surface area contributed by atoms with Crippen LogP contribution in [0.4, 0.5) is 5.69 Å². The van der Waals surface area contributed by atoms with Crippen molar-refractivity contribution in [1.29, 1.82) is 0 Å². The summed E-state index contributed by atoms with van der Waals surface area (Å²) in [5, 5.41) is 3.10. The predicted molar refractivity (Wildman–Crippen MR) is 94.1 cm³/mol. The number of nitrogens with zero attached hydrogens (tertiary/aromatic N) is 2. The lowest BCUT2D eigenvalue weighted by atomic mass is 10.2. The van der Waals surface area contributed by atoms with Gasteiger partial charge in [-0.1, -0.05) is 23.9 Å². The molecular weight excluding hydrogens is 366 g/mol. The Labute approximate surface area is 142 Å². The van der Waals surface area contributed by atoms with Crippen LogP contribution in [0, 0.1) is 0 Å². The zero-order chi connectivity index (χ0) is 16.1. The van der Waals surface area contributed by atoms with Crippen LogP contribution in [0.15, 0.2) is 33.7 Å². The number of hydrogen-bond donors (Lipinski definition) is 1. The van der Waals surface area contributed by atoms with Gasteiger partial charge < -0.3 is 10.2 Å². The third kappa shape index (κ3) is 4.10. The van der Waals surface area contributed by atoms with Crippen molar-refractivity contribution in [3.8, 4) is 0 Å². The molecule has 1 N–H and O–H groups in total. The first-order chi connectivity index (χ1) is 10.5. The van der Waals surface area contributed by atoms with E-state index < -0.39 is 5.25 Å². The Hall–Kier alpha value is -1.34. The van der Waals surface area contributed by atoms with Crippen molar-refractivity contribution >= 4 is 50.4 Å². The molecule has 0 aliphatic carbocycles. The lowest BCUT2D eigenvalue weighted by molar-refractivity contribution is -0.121. The summed E-state index contributed by atoms with van der Waals surface area (Å²) in [7, 11) is 0. The molecule has 5 nitrogen and oxygen atoms in total. The first-order valence-electron chi connectivity index (χ1n) is 7.13. The summed E-state index contributed by atoms with van der Waals surface area (Å²) in [4.78, 5) is 30.2. The Morgan fingerprint density at radius 3 is 2.68 bits per heavy atom. The number of para-hydroxylation sites is 1. The lowest BCUT2D eigenvalue weighted by Gasteiger charge is -2.19. The molecule has 2 amide bonds. The Morgan fingerprint density at radius 1 is 1.36 bits per heavy atom. The summed E-state index contributed by atoms with van der Waals surface area (Å²) in [6.07, 6.45) is 0.124. The third-order valence-corrected chi connectivity index (χ3v) is 5.19.